The summed E-state index contributed by atoms with van der Waals surface area (Å²) in [5.74, 6) is 1.53. The van der Waals surface area contributed by atoms with Gasteiger partial charge in [-0.05, 0) is 39.1 Å². The van der Waals surface area contributed by atoms with Crippen LogP contribution in [-0.4, -0.2) is 48.6 Å². The lowest BCUT2D eigenvalue weighted by Gasteiger charge is -2.20. The molecule has 2 aromatic rings. The molecule has 0 spiro atoms. The molecule has 26 heavy (non-hydrogen) atoms. The molecule has 6 heteroatoms. The zero-order chi connectivity index (χ0) is 18.7. The number of nitriles is 1. The van der Waals surface area contributed by atoms with Crippen molar-refractivity contribution in [1.29, 1.82) is 5.26 Å². The molecule has 136 valence electrons. The van der Waals surface area contributed by atoms with Crippen LogP contribution in [-0.2, 0) is 0 Å². The Morgan fingerprint density at radius 1 is 1.23 bits per heavy atom. The minimum absolute atomic E-state index is 0.0577. The van der Waals surface area contributed by atoms with Crippen molar-refractivity contribution in [3.05, 3.63) is 41.2 Å². The van der Waals surface area contributed by atoms with Crippen molar-refractivity contribution in [2.75, 3.05) is 33.4 Å². The summed E-state index contributed by atoms with van der Waals surface area (Å²) in [6.45, 7) is 5.92. The van der Waals surface area contributed by atoms with E-state index in [2.05, 4.69) is 10.6 Å². The van der Waals surface area contributed by atoms with Gasteiger partial charge in [0.15, 0.2) is 17.3 Å². The standard InChI is InChI=1S/C20H23N3O3/c1-14-11-17(18(24)13-22(3)8-4-7-21)15(2)23(14)16-5-6-19-20(12-16)26-10-9-25-19/h5-6,11-12H,4,8-10,13H2,1-3H3. The van der Waals surface area contributed by atoms with E-state index in [1.54, 1.807) is 0 Å². The van der Waals surface area contributed by atoms with Crippen LogP contribution >= 0.6 is 0 Å². The molecule has 6 nitrogen and oxygen atoms in total. The van der Waals surface area contributed by atoms with Gasteiger partial charge in [-0.15, -0.1) is 0 Å². The molecule has 3 rings (SSSR count). The van der Waals surface area contributed by atoms with Gasteiger partial charge in [0, 0.05) is 41.7 Å². The first kappa shape index (κ1) is 18.0. The van der Waals surface area contributed by atoms with Crippen LogP contribution in [0.1, 0.15) is 28.2 Å². The van der Waals surface area contributed by atoms with Crippen LogP contribution in [0.15, 0.2) is 24.3 Å². The summed E-state index contributed by atoms with van der Waals surface area (Å²) in [5.41, 5.74) is 3.54. The highest BCUT2D eigenvalue weighted by Crippen LogP contribution is 2.33. The molecule has 1 aromatic heterocycles. The summed E-state index contributed by atoms with van der Waals surface area (Å²) in [7, 11) is 1.86. The summed E-state index contributed by atoms with van der Waals surface area (Å²) < 4.78 is 13.3. The Hall–Kier alpha value is -2.78. The maximum absolute atomic E-state index is 12.7. The molecule has 1 aromatic carbocycles. The molecular weight excluding hydrogens is 330 g/mol. The summed E-state index contributed by atoms with van der Waals surface area (Å²) in [5, 5.41) is 8.68. The largest absolute Gasteiger partial charge is 0.486 e. The molecule has 0 radical (unpaired) electrons. The Morgan fingerprint density at radius 3 is 2.69 bits per heavy atom. The lowest BCUT2D eigenvalue weighted by atomic mass is 10.1. The van der Waals surface area contributed by atoms with E-state index in [9.17, 15) is 4.79 Å². The molecule has 0 aliphatic carbocycles. The molecule has 1 aliphatic heterocycles. The van der Waals surface area contributed by atoms with Crippen molar-refractivity contribution in [2.45, 2.75) is 20.3 Å². The number of nitrogens with zero attached hydrogens (tertiary/aromatic N) is 3. The number of aromatic nitrogens is 1. The average Bonchev–Trinajstić information content (AvgIpc) is 2.94. The van der Waals surface area contributed by atoms with Gasteiger partial charge in [-0.3, -0.25) is 9.69 Å². The van der Waals surface area contributed by atoms with Crippen LogP contribution in [0.2, 0.25) is 0 Å². The van der Waals surface area contributed by atoms with Crippen molar-refractivity contribution in [2.24, 2.45) is 0 Å². The molecule has 0 fully saturated rings. The second-order valence-electron chi connectivity index (χ2n) is 6.52. The zero-order valence-corrected chi connectivity index (χ0v) is 15.4. The summed E-state index contributed by atoms with van der Waals surface area (Å²) in [4.78, 5) is 14.6. The topological polar surface area (TPSA) is 67.5 Å². The van der Waals surface area contributed by atoms with Crippen molar-refractivity contribution in [1.82, 2.24) is 9.47 Å². The quantitative estimate of drug-likeness (QED) is 0.747. The molecule has 0 saturated heterocycles. The van der Waals surface area contributed by atoms with Gasteiger partial charge in [0.25, 0.3) is 0 Å². The number of ether oxygens (including phenoxy) is 2. The minimum atomic E-state index is 0.0577. The number of aryl methyl sites for hydroxylation is 1. The number of fused-ring (bicyclic) bond motifs is 1. The summed E-state index contributed by atoms with van der Waals surface area (Å²) >= 11 is 0. The smallest absolute Gasteiger partial charge is 0.178 e. The Labute approximate surface area is 153 Å². The number of carbonyl (C=O) groups is 1. The molecule has 0 unspecified atom stereocenters. The Kier molecular flexibility index (Phi) is 5.29. The fraction of sp³-hybridized carbons (Fsp3) is 0.400. The van der Waals surface area contributed by atoms with Crippen molar-refractivity contribution in [3.8, 4) is 23.3 Å². The number of rotatable bonds is 6. The highest BCUT2D eigenvalue weighted by molar-refractivity contribution is 5.99. The van der Waals surface area contributed by atoms with E-state index in [0.29, 0.717) is 38.3 Å². The Bertz CT molecular complexity index is 864. The number of likely N-dealkylation sites (N-methyl/N-ethyl adjacent to an activating group) is 1. The van der Waals surface area contributed by atoms with E-state index in [0.717, 1.165) is 28.6 Å². The van der Waals surface area contributed by atoms with E-state index in [4.69, 9.17) is 14.7 Å². The van der Waals surface area contributed by atoms with Gasteiger partial charge in [0.1, 0.15) is 13.2 Å². The monoisotopic (exact) mass is 353 g/mol. The number of benzene rings is 1. The predicted molar refractivity (Wildman–Crippen MR) is 98.3 cm³/mol. The van der Waals surface area contributed by atoms with Crippen LogP contribution in [0.5, 0.6) is 11.5 Å². The van der Waals surface area contributed by atoms with E-state index < -0.39 is 0 Å². The predicted octanol–water partition coefficient (Wildman–Crippen LogP) is 2.89. The highest BCUT2D eigenvalue weighted by Gasteiger charge is 2.19. The molecule has 0 bridgehead atoms. The fourth-order valence-corrected chi connectivity index (χ4v) is 3.26. The van der Waals surface area contributed by atoms with Crippen LogP contribution in [0.25, 0.3) is 5.69 Å². The normalized spacial score (nSPS) is 12.9. The lowest BCUT2D eigenvalue weighted by Crippen LogP contribution is -2.27. The second-order valence-corrected chi connectivity index (χ2v) is 6.52. The molecular formula is C20H23N3O3. The third kappa shape index (κ3) is 3.58. The van der Waals surface area contributed by atoms with Crippen LogP contribution < -0.4 is 9.47 Å². The van der Waals surface area contributed by atoms with Gasteiger partial charge in [-0.25, -0.2) is 0 Å². The van der Waals surface area contributed by atoms with Crippen molar-refractivity contribution in [3.63, 3.8) is 0 Å². The van der Waals surface area contributed by atoms with Gasteiger partial charge in [-0.2, -0.15) is 5.26 Å². The third-order valence-corrected chi connectivity index (χ3v) is 4.53. The molecule has 0 amide bonds. The van der Waals surface area contributed by atoms with Crippen LogP contribution in [0.3, 0.4) is 0 Å². The summed E-state index contributed by atoms with van der Waals surface area (Å²) in [6.07, 6.45) is 0.417. The second kappa shape index (κ2) is 7.63. The van der Waals surface area contributed by atoms with E-state index in [1.165, 1.54) is 0 Å². The van der Waals surface area contributed by atoms with Gasteiger partial charge in [0.05, 0.1) is 12.6 Å². The number of hydrogen-bond donors (Lipinski definition) is 0. The van der Waals surface area contributed by atoms with E-state index in [1.807, 2.05) is 50.1 Å². The first-order valence-electron chi connectivity index (χ1n) is 8.69. The number of Topliss-reactive ketones (excluding diaryl/α,β-unsaturated/α-hetero) is 1. The van der Waals surface area contributed by atoms with Crippen molar-refractivity contribution >= 4 is 5.78 Å². The van der Waals surface area contributed by atoms with Gasteiger partial charge >= 0.3 is 0 Å². The van der Waals surface area contributed by atoms with Crippen LogP contribution in [0, 0.1) is 25.2 Å². The zero-order valence-electron chi connectivity index (χ0n) is 15.4. The lowest BCUT2D eigenvalue weighted by molar-refractivity contribution is 0.0947. The van der Waals surface area contributed by atoms with E-state index >= 15 is 0 Å². The number of carbonyl (C=O) groups excluding carboxylic acids is 1. The molecule has 0 saturated carbocycles. The van der Waals surface area contributed by atoms with E-state index in [-0.39, 0.29) is 5.78 Å². The summed E-state index contributed by atoms with van der Waals surface area (Å²) in [6, 6.07) is 9.85. The molecule has 0 N–H and O–H groups in total. The Morgan fingerprint density at radius 2 is 1.96 bits per heavy atom. The maximum Gasteiger partial charge on any atom is 0.178 e. The van der Waals surface area contributed by atoms with Crippen molar-refractivity contribution < 1.29 is 14.3 Å². The number of hydrogen-bond acceptors (Lipinski definition) is 5. The molecule has 0 atom stereocenters. The maximum atomic E-state index is 12.7. The number of ketones is 1. The first-order valence-corrected chi connectivity index (χ1v) is 8.69. The minimum Gasteiger partial charge on any atom is -0.486 e. The highest BCUT2D eigenvalue weighted by atomic mass is 16.6. The Balaban J connectivity index is 1.86. The molecule has 1 aliphatic rings. The van der Waals surface area contributed by atoms with Gasteiger partial charge < -0.3 is 14.0 Å². The van der Waals surface area contributed by atoms with Gasteiger partial charge in [0.2, 0.25) is 0 Å². The SMILES string of the molecule is Cc1cc(C(=O)CN(C)CCC#N)c(C)n1-c1ccc2c(c1)OCCO2. The van der Waals surface area contributed by atoms with Crippen LogP contribution in [0.4, 0.5) is 0 Å². The average molecular weight is 353 g/mol. The third-order valence-electron chi connectivity index (χ3n) is 4.53. The first-order chi connectivity index (χ1) is 12.5. The fourth-order valence-electron chi connectivity index (χ4n) is 3.26. The van der Waals surface area contributed by atoms with Gasteiger partial charge in [-0.1, -0.05) is 0 Å². The molecule has 2 heterocycles.